The maximum atomic E-state index is 6.16. The molecule has 6 heteroatoms. The predicted octanol–water partition coefficient (Wildman–Crippen LogP) is 5.56. The highest BCUT2D eigenvalue weighted by atomic mass is 35.5. The molecule has 0 spiro atoms. The molecule has 0 unspecified atom stereocenters. The first-order chi connectivity index (χ1) is 13.6. The molecule has 5 nitrogen and oxygen atoms in total. The average Bonchev–Trinajstić information content (AvgIpc) is 3.18. The van der Waals surface area contributed by atoms with Crippen molar-refractivity contribution in [1.29, 1.82) is 0 Å². The van der Waals surface area contributed by atoms with Crippen molar-refractivity contribution in [2.45, 2.75) is 27.3 Å². The fourth-order valence-electron chi connectivity index (χ4n) is 3.57. The van der Waals surface area contributed by atoms with Gasteiger partial charge in [-0.05, 0) is 57.2 Å². The molecular weight excluding hydrogens is 370 g/mol. The Morgan fingerprint density at radius 1 is 1.11 bits per heavy atom. The average molecular weight is 392 g/mol. The van der Waals surface area contributed by atoms with Gasteiger partial charge in [0.2, 0.25) is 5.95 Å². The molecule has 0 bridgehead atoms. The number of hydrazone groups is 1. The number of aryl methyl sites for hydroxylation is 2. The third-order valence-electron chi connectivity index (χ3n) is 4.88. The lowest BCUT2D eigenvalue weighted by atomic mass is 10.2. The van der Waals surface area contributed by atoms with E-state index < -0.39 is 0 Å². The van der Waals surface area contributed by atoms with Crippen molar-refractivity contribution in [3.63, 3.8) is 0 Å². The third kappa shape index (κ3) is 3.29. The summed E-state index contributed by atoms with van der Waals surface area (Å²) in [6, 6.07) is 18.1. The molecule has 4 aromatic rings. The van der Waals surface area contributed by atoms with Crippen molar-refractivity contribution in [2.75, 3.05) is 5.43 Å². The molecule has 1 N–H and O–H groups in total. The van der Waals surface area contributed by atoms with Gasteiger partial charge in [0.1, 0.15) is 0 Å². The van der Waals surface area contributed by atoms with Gasteiger partial charge >= 0.3 is 0 Å². The summed E-state index contributed by atoms with van der Waals surface area (Å²) in [4.78, 5) is 4.64. The first-order valence-electron chi connectivity index (χ1n) is 9.27. The number of nitrogens with one attached hydrogen (secondary N) is 1. The number of fused-ring (bicyclic) bond motifs is 1. The zero-order chi connectivity index (χ0) is 19.7. The molecule has 0 saturated carbocycles. The molecule has 0 atom stereocenters. The Bertz CT molecular complexity index is 1170. The van der Waals surface area contributed by atoms with E-state index in [0.29, 0.717) is 0 Å². The Kier molecular flexibility index (Phi) is 4.92. The molecule has 0 aliphatic heterocycles. The van der Waals surface area contributed by atoms with Crippen LogP contribution in [0.2, 0.25) is 5.02 Å². The SMILES string of the molecule is CCn1c(N/N=C\c2cc(C)n(-c3cccc(Cl)c3)c2C)nc2ccccc21. The lowest BCUT2D eigenvalue weighted by molar-refractivity contribution is 0.791. The number of para-hydroxylation sites is 2. The first-order valence-corrected chi connectivity index (χ1v) is 9.65. The van der Waals surface area contributed by atoms with Gasteiger partial charge in [0.25, 0.3) is 0 Å². The Morgan fingerprint density at radius 3 is 2.71 bits per heavy atom. The Balaban J connectivity index is 1.62. The van der Waals surface area contributed by atoms with Crippen LogP contribution in [0.5, 0.6) is 0 Å². The number of halogens is 1. The Labute approximate surface area is 169 Å². The van der Waals surface area contributed by atoms with Crippen LogP contribution in [0, 0.1) is 13.8 Å². The van der Waals surface area contributed by atoms with E-state index in [1.165, 1.54) is 0 Å². The topological polar surface area (TPSA) is 47.1 Å². The van der Waals surface area contributed by atoms with Crippen molar-refractivity contribution < 1.29 is 0 Å². The highest BCUT2D eigenvalue weighted by molar-refractivity contribution is 6.30. The van der Waals surface area contributed by atoms with Crippen LogP contribution < -0.4 is 5.43 Å². The van der Waals surface area contributed by atoms with Gasteiger partial charge in [-0.15, -0.1) is 0 Å². The molecule has 2 aromatic heterocycles. The summed E-state index contributed by atoms with van der Waals surface area (Å²) in [5, 5.41) is 5.17. The lowest BCUT2D eigenvalue weighted by Gasteiger charge is -2.09. The standard InChI is InChI=1S/C22H22ClN5/c1-4-27-21-11-6-5-10-20(21)25-22(27)26-24-14-17-12-15(2)28(16(17)3)19-9-7-8-18(23)13-19/h5-14H,4H2,1-3H3,(H,25,26)/b24-14-. The molecule has 0 aliphatic carbocycles. The van der Waals surface area contributed by atoms with E-state index in [9.17, 15) is 0 Å². The van der Waals surface area contributed by atoms with E-state index >= 15 is 0 Å². The van der Waals surface area contributed by atoms with E-state index in [0.717, 1.165) is 51.2 Å². The fraction of sp³-hybridized carbons (Fsp3) is 0.182. The van der Waals surface area contributed by atoms with Gasteiger partial charge in [0, 0.05) is 34.2 Å². The lowest BCUT2D eigenvalue weighted by Crippen LogP contribution is -2.02. The molecule has 28 heavy (non-hydrogen) atoms. The molecule has 4 rings (SSSR count). The van der Waals surface area contributed by atoms with Crippen LogP contribution in [0.1, 0.15) is 23.9 Å². The zero-order valence-electron chi connectivity index (χ0n) is 16.1. The highest BCUT2D eigenvalue weighted by Gasteiger charge is 2.11. The maximum absolute atomic E-state index is 6.16. The summed E-state index contributed by atoms with van der Waals surface area (Å²) in [5.41, 5.74) is 9.48. The Morgan fingerprint density at radius 2 is 1.93 bits per heavy atom. The first kappa shape index (κ1) is 18.3. The second kappa shape index (κ2) is 7.52. The smallest absolute Gasteiger partial charge is 0.224 e. The van der Waals surface area contributed by atoms with E-state index in [1.54, 1.807) is 0 Å². The van der Waals surface area contributed by atoms with Crippen molar-refractivity contribution in [3.8, 4) is 5.69 Å². The molecule has 2 aromatic carbocycles. The number of rotatable bonds is 5. The minimum Gasteiger partial charge on any atom is -0.318 e. The molecule has 0 fully saturated rings. The normalized spacial score (nSPS) is 11.6. The van der Waals surface area contributed by atoms with Crippen LogP contribution in [0.4, 0.5) is 5.95 Å². The molecule has 2 heterocycles. The summed E-state index contributed by atoms with van der Waals surface area (Å²) in [6.45, 7) is 7.08. The zero-order valence-corrected chi connectivity index (χ0v) is 16.9. The van der Waals surface area contributed by atoms with Gasteiger partial charge in [0.15, 0.2) is 0 Å². The Hall–Kier alpha value is -3.05. The van der Waals surface area contributed by atoms with Crippen molar-refractivity contribution in [3.05, 3.63) is 76.6 Å². The van der Waals surface area contributed by atoms with Gasteiger partial charge in [-0.25, -0.2) is 10.4 Å². The second-order valence-electron chi connectivity index (χ2n) is 6.68. The summed E-state index contributed by atoms with van der Waals surface area (Å²) in [5.74, 6) is 0.739. The number of nitrogens with zero attached hydrogens (tertiary/aromatic N) is 4. The van der Waals surface area contributed by atoms with Gasteiger partial charge in [0.05, 0.1) is 17.2 Å². The molecule has 0 aliphatic rings. The van der Waals surface area contributed by atoms with Crippen molar-refractivity contribution in [1.82, 2.24) is 14.1 Å². The molecule has 0 radical (unpaired) electrons. The maximum Gasteiger partial charge on any atom is 0.224 e. The van der Waals surface area contributed by atoms with E-state index in [1.807, 2.05) is 42.6 Å². The summed E-state index contributed by atoms with van der Waals surface area (Å²) in [6.07, 6.45) is 1.84. The summed E-state index contributed by atoms with van der Waals surface area (Å²) in [7, 11) is 0. The van der Waals surface area contributed by atoms with Crippen LogP contribution in [0.25, 0.3) is 16.7 Å². The van der Waals surface area contributed by atoms with E-state index in [2.05, 4.69) is 63.6 Å². The molecule has 142 valence electrons. The molecule has 0 amide bonds. The highest BCUT2D eigenvalue weighted by Crippen LogP contribution is 2.23. The van der Waals surface area contributed by atoms with Crippen molar-refractivity contribution in [2.24, 2.45) is 5.10 Å². The van der Waals surface area contributed by atoms with Crippen LogP contribution in [-0.4, -0.2) is 20.3 Å². The molecule has 0 saturated heterocycles. The number of aromatic nitrogens is 3. The quantitative estimate of drug-likeness (QED) is 0.357. The number of imidazole rings is 1. The van der Waals surface area contributed by atoms with Crippen LogP contribution in [0.15, 0.2) is 59.7 Å². The van der Waals surface area contributed by atoms with Gasteiger partial charge in [-0.1, -0.05) is 29.8 Å². The number of benzene rings is 2. The fourth-order valence-corrected chi connectivity index (χ4v) is 3.76. The minimum atomic E-state index is 0.723. The van der Waals surface area contributed by atoms with Gasteiger partial charge in [-0.3, -0.25) is 0 Å². The molecular formula is C22H22ClN5. The monoisotopic (exact) mass is 391 g/mol. The summed E-state index contributed by atoms with van der Waals surface area (Å²) >= 11 is 6.16. The van der Waals surface area contributed by atoms with E-state index in [4.69, 9.17) is 11.6 Å². The largest absolute Gasteiger partial charge is 0.318 e. The van der Waals surface area contributed by atoms with Crippen LogP contribution >= 0.6 is 11.6 Å². The van der Waals surface area contributed by atoms with Crippen molar-refractivity contribution >= 4 is 34.8 Å². The van der Waals surface area contributed by atoms with Crippen LogP contribution in [-0.2, 0) is 6.54 Å². The van der Waals surface area contributed by atoms with Crippen LogP contribution in [0.3, 0.4) is 0 Å². The third-order valence-corrected chi connectivity index (χ3v) is 5.11. The van der Waals surface area contributed by atoms with Gasteiger partial charge in [-0.2, -0.15) is 5.10 Å². The predicted molar refractivity (Wildman–Crippen MR) is 117 cm³/mol. The van der Waals surface area contributed by atoms with Gasteiger partial charge < -0.3 is 9.13 Å². The number of anilines is 1. The van der Waals surface area contributed by atoms with E-state index in [-0.39, 0.29) is 0 Å². The number of hydrogen-bond acceptors (Lipinski definition) is 3. The number of hydrogen-bond donors (Lipinski definition) is 1. The summed E-state index contributed by atoms with van der Waals surface area (Å²) < 4.78 is 4.29. The minimum absolute atomic E-state index is 0.723. The second-order valence-corrected chi connectivity index (χ2v) is 7.12.